The molecular formula is C24H32N2O2S. The summed E-state index contributed by atoms with van der Waals surface area (Å²) in [5.41, 5.74) is 2.46. The molecule has 1 aromatic heterocycles. The Hall–Kier alpha value is -1.85. The van der Waals surface area contributed by atoms with E-state index in [9.17, 15) is 4.79 Å². The van der Waals surface area contributed by atoms with Gasteiger partial charge in [0.25, 0.3) is 0 Å². The molecule has 2 aromatic rings. The predicted octanol–water partition coefficient (Wildman–Crippen LogP) is 4.81. The second-order valence-electron chi connectivity index (χ2n) is 9.03. The number of piperidine rings is 1. The van der Waals surface area contributed by atoms with Crippen LogP contribution >= 0.6 is 11.3 Å². The summed E-state index contributed by atoms with van der Waals surface area (Å²) in [4.78, 5) is 15.1. The smallest absolute Gasteiger partial charge is 0.220 e. The lowest BCUT2D eigenvalue weighted by Crippen LogP contribution is -2.50. The van der Waals surface area contributed by atoms with Crippen molar-refractivity contribution in [2.45, 2.75) is 57.6 Å². The number of nitrogens with one attached hydrogen (secondary N) is 1. The molecule has 29 heavy (non-hydrogen) atoms. The minimum absolute atomic E-state index is 0.136. The van der Waals surface area contributed by atoms with E-state index < -0.39 is 0 Å². The zero-order valence-electron chi connectivity index (χ0n) is 17.5. The van der Waals surface area contributed by atoms with E-state index in [1.165, 1.54) is 11.1 Å². The Balaban J connectivity index is 1.43. The first-order valence-electron chi connectivity index (χ1n) is 10.8. The van der Waals surface area contributed by atoms with Crippen LogP contribution in [-0.2, 0) is 11.3 Å². The maximum atomic E-state index is 12.6. The molecule has 0 radical (unpaired) electrons. The van der Waals surface area contributed by atoms with Crippen LogP contribution in [0.1, 0.15) is 56.6 Å². The lowest BCUT2D eigenvalue weighted by atomic mass is 9.76. The Labute approximate surface area is 178 Å². The van der Waals surface area contributed by atoms with E-state index in [-0.39, 0.29) is 17.4 Å². The highest BCUT2D eigenvalue weighted by atomic mass is 32.1. The van der Waals surface area contributed by atoms with Gasteiger partial charge in [-0.3, -0.25) is 9.69 Å². The molecule has 4 rings (SSSR count). The fraction of sp³-hybridized carbons (Fsp3) is 0.542. The molecule has 2 aliphatic rings. The van der Waals surface area contributed by atoms with E-state index in [4.69, 9.17) is 4.74 Å². The molecule has 0 aliphatic carbocycles. The molecule has 1 amide bonds. The number of thiophene rings is 1. The van der Waals surface area contributed by atoms with Gasteiger partial charge >= 0.3 is 0 Å². The minimum Gasteiger partial charge on any atom is -0.487 e. The van der Waals surface area contributed by atoms with Crippen molar-refractivity contribution >= 4 is 17.2 Å². The predicted molar refractivity (Wildman–Crippen MR) is 118 cm³/mol. The maximum Gasteiger partial charge on any atom is 0.220 e. The summed E-state index contributed by atoms with van der Waals surface area (Å²) in [6.45, 7) is 8.12. The number of fused-ring (bicyclic) bond motifs is 1. The summed E-state index contributed by atoms with van der Waals surface area (Å²) in [6.07, 6.45) is 3.53. The van der Waals surface area contributed by atoms with Crippen LogP contribution in [0, 0.1) is 5.92 Å². The fourth-order valence-corrected chi connectivity index (χ4v) is 5.27. The number of para-hydroxylation sites is 1. The van der Waals surface area contributed by atoms with Crippen molar-refractivity contribution in [3.8, 4) is 5.75 Å². The summed E-state index contributed by atoms with van der Waals surface area (Å²) >= 11 is 1.76. The summed E-state index contributed by atoms with van der Waals surface area (Å²) in [5, 5.41) is 7.49. The molecule has 5 heteroatoms. The van der Waals surface area contributed by atoms with Crippen molar-refractivity contribution in [2.75, 3.05) is 19.6 Å². The highest BCUT2D eigenvalue weighted by Crippen LogP contribution is 2.46. The van der Waals surface area contributed by atoms with Crippen molar-refractivity contribution in [3.05, 3.63) is 52.2 Å². The van der Waals surface area contributed by atoms with Gasteiger partial charge in [0.15, 0.2) is 0 Å². The largest absolute Gasteiger partial charge is 0.487 e. The third-order valence-corrected chi connectivity index (χ3v) is 6.93. The van der Waals surface area contributed by atoms with Crippen molar-refractivity contribution in [3.63, 3.8) is 0 Å². The molecule has 0 bridgehead atoms. The first kappa shape index (κ1) is 20.4. The molecule has 156 valence electrons. The average molecular weight is 413 g/mol. The Kier molecular flexibility index (Phi) is 6.26. The van der Waals surface area contributed by atoms with Gasteiger partial charge in [-0.1, -0.05) is 32.0 Å². The Morgan fingerprint density at radius 3 is 2.79 bits per heavy atom. The van der Waals surface area contributed by atoms with Gasteiger partial charge in [-0.2, -0.15) is 11.3 Å². The summed E-state index contributed by atoms with van der Waals surface area (Å²) in [6, 6.07) is 10.5. The first-order chi connectivity index (χ1) is 14.0. The molecule has 0 unspecified atom stereocenters. The zero-order chi connectivity index (χ0) is 20.3. The van der Waals surface area contributed by atoms with Gasteiger partial charge in [0.2, 0.25) is 5.91 Å². The Morgan fingerprint density at radius 2 is 2.07 bits per heavy atom. The zero-order valence-corrected chi connectivity index (χ0v) is 18.3. The van der Waals surface area contributed by atoms with Crippen LogP contribution in [-0.4, -0.2) is 36.0 Å². The standard InChI is InChI=1S/C24H32N2O2S/c1-18(2)15-25-23(27)13-20-14-24(28-22-6-4-3-5-21(20)22)8-10-26(11-9-24)16-19-7-12-29-17-19/h3-7,12,17-18,20H,8-11,13-16H2,1-2H3,(H,25,27)/t20-/m1/s1. The van der Waals surface area contributed by atoms with Crippen molar-refractivity contribution in [1.29, 1.82) is 0 Å². The monoisotopic (exact) mass is 412 g/mol. The van der Waals surface area contributed by atoms with E-state index in [2.05, 4.69) is 59.1 Å². The quantitative estimate of drug-likeness (QED) is 0.740. The molecule has 1 atom stereocenters. The van der Waals surface area contributed by atoms with Gasteiger partial charge in [-0.05, 0) is 59.2 Å². The van der Waals surface area contributed by atoms with Crippen LogP contribution in [0.3, 0.4) is 0 Å². The van der Waals surface area contributed by atoms with E-state index in [1.54, 1.807) is 11.3 Å². The SMILES string of the molecule is CC(C)CNC(=O)C[C@@H]1CC2(CCN(Cc3ccsc3)CC2)Oc2ccccc21. The number of hydrogen-bond acceptors (Lipinski definition) is 4. The van der Waals surface area contributed by atoms with Crippen LogP contribution in [0.25, 0.3) is 0 Å². The normalized spacial score (nSPS) is 21.0. The van der Waals surface area contributed by atoms with Crippen LogP contribution in [0.2, 0.25) is 0 Å². The molecule has 4 nitrogen and oxygen atoms in total. The first-order valence-corrected chi connectivity index (χ1v) is 11.8. The molecule has 3 heterocycles. The number of ether oxygens (including phenoxy) is 1. The number of carbonyl (C=O) groups excluding carboxylic acids is 1. The molecule has 1 spiro atoms. The third kappa shape index (κ3) is 5.01. The van der Waals surface area contributed by atoms with Gasteiger partial charge in [0.1, 0.15) is 11.4 Å². The summed E-state index contributed by atoms with van der Waals surface area (Å²) in [5.74, 6) is 1.84. The van der Waals surface area contributed by atoms with Gasteiger partial charge < -0.3 is 10.1 Å². The molecule has 1 saturated heterocycles. The minimum atomic E-state index is -0.136. The topological polar surface area (TPSA) is 41.6 Å². The number of rotatable bonds is 6. The van der Waals surface area contributed by atoms with Gasteiger partial charge in [0.05, 0.1) is 0 Å². The summed E-state index contributed by atoms with van der Waals surface area (Å²) in [7, 11) is 0. The van der Waals surface area contributed by atoms with Gasteiger partial charge in [0, 0.05) is 38.5 Å². The lowest BCUT2D eigenvalue weighted by Gasteiger charge is -2.47. The van der Waals surface area contributed by atoms with E-state index in [1.807, 2.05) is 6.07 Å². The van der Waals surface area contributed by atoms with Crippen LogP contribution in [0.4, 0.5) is 0 Å². The summed E-state index contributed by atoms with van der Waals surface area (Å²) < 4.78 is 6.60. The fourth-order valence-electron chi connectivity index (χ4n) is 4.61. The number of likely N-dealkylation sites (tertiary alicyclic amines) is 1. The van der Waals surface area contributed by atoms with Crippen LogP contribution < -0.4 is 10.1 Å². The van der Waals surface area contributed by atoms with Gasteiger partial charge in [-0.15, -0.1) is 0 Å². The second kappa shape index (κ2) is 8.88. The van der Waals surface area contributed by atoms with E-state index >= 15 is 0 Å². The van der Waals surface area contributed by atoms with Crippen molar-refractivity contribution < 1.29 is 9.53 Å². The van der Waals surface area contributed by atoms with E-state index in [0.717, 1.165) is 51.2 Å². The highest BCUT2D eigenvalue weighted by Gasteiger charge is 2.43. The highest BCUT2D eigenvalue weighted by molar-refractivity contribution is 7.07. The second-order valence-corrected chi connectivity index (χ2v) is 9.81. The number of benzene rings is 1. The lowest BCUT2D eigenvalue weighted by molar-refractivity contribution is -0.122. The van der Waals surface area contributed by atoms with Crippen LogP contribution in [0.5, 0.6) is 5.75 Å². The molecule has 1 fully saturated rings. The molecule has 1 aromatic carbocycles. The number of hydrogen-bond donors (Lipinski definition) is 1. The van der Waals surface area contributed by atoms with Crippen LogP contribution in [0.15, 0.2) is 41.1 Å². The molecule has 2 aliphatic heterocycles. The maximum absolute atomic E-state index is 12.6. The van der Waals surface area contributed by atoms with Crippen molar-refractivity contribution in [1.82, 2.24) is 10.2 Å². The number of amides is 1. The molecular weight excluding hydrogens is 380 g/mol. The third-order valence-electron chi connectivity index (χ3n) is 6.20. The number of carbonyl (C=O) groups is 1. The Morgan fingerprint density at radius 1 is 1.28 bits per heavy atom. The van der Waals surface area contributed by atoms with Crippen molar-refractivity contribution in [2.24, 2.45) is 5.92 Å². The number of nitrogens with zero attached hydrogens (tertiary/aromatic N) is 1. The average Bonchev–Trinajstić information content (AvgIpc) is 3.21. The van der Waals surface area contributed by atoms with E-state index in [0.29, 0.717) is 12.3 Å². The molecule has 1 N–H and O–H groups in total. The molecule has 0 saturated carbocycles. The Bertz CT molecular complexity index is 810. The van der Waals surface area contributed by atoms with Gasteiger partial charge in [-0.25, -0.2) is 0 Å².